The zero-order chi connectivity index (χ0) is 23.7. The standard InChI is InChI=1S/C25H31N5O3S/c1-16-21-15-22(34-24(21)30(28-16)20-5-3-2-4-6-20)23(31)26-17-7-9-19(10-8-17)29-13-11-18(12-14-29)27-25(32)33/h2-6,15,17-19,27H,7-14H2,1H3,(H,26,31)(H,32,33). The lowest BCUT2D eigenvalue weighted by Crippen LogP contribution is -2.50. The van der Waals surface area contributed by atoms with Crippen LogP contribution in [0.1, 0.15) is 53.9 Å². The summed E-state index contributed by atoms with van der Waals surface area (Å²) in [5, 5.41) is 20.5. The molecule has 3 N–H and O–H groups in total. The van der Waals surface area contributed by atoms with Crippen molar-refractivity contribution in [2.24, 2.45) is 0 Å². The van der Waals surface area contributed by atoms with Gasteiger partial charge in [-0.15, -0.1) is 11.3 Å². The van der Waals surface area contributed by atoms with Gasteiger partial charge in [0.15, 0.2) is 0 Å². The Morgan fingerprint density at radius 1 is 1.00 bits per heavy atom. The van der Waals surface area contributed by atoms with Gasteiger partial charge in [0.1, 0.15) is 4.83 Å². The van der Waals surface area contributed by atoms with Crippen LogP contribution in [0.3, 0.4) is 0 Å². The number of carbonyl (C=O) groups is 2. The molecular weight excluding hydrogens is 450 g/mol. The van der Waals surface area contributed by atoms with Crippen LogP contribution in [0.5, 0.6) is 0 Å². The van der Waals surface area contributed by atoms with Gasteiger partial charge in [-0.25, -0.2) is 9.48 Å². The minimum Gasteiger partial charge on any atom is -0.465 e. The van der Waals surface area contributed by atoms with Crippen LogP contribution in [-0.4, -0.2) is 63.0 Å². The minimum atomic E-state index is -0.930. The van der Waals surface area contributed by atoms with E-state index >= 15 is 0 Å². The van der Waals surface area contributed by atoms with Crippen LogP contribution in [-0.2, 0) is 0 Å². The molecule has 1 saturated carbocycles. The molecule has 0 spiro atoms. The summed E-state index contributed by atoms with van der Waals surface area (Å²) >= 11 is 1.50. The molecule has 1 saturated heterocycles. The summed E-state index contributed by atoms with van der Waals surface area (Å²) in [6.07, 6.45) is 4.90. The van der Waals surface area contributed by atoms with E-state index in [1.807, 2.05) is 48.0 Å². The Bertz CT molecular complexity index is 1160. The summed E-state index contributed by atoms with van der Waals surface area (Å²) < 4.78 is 1.92. The molecule has 34 heavy (non-hydrogen) atoms. The van der Waals surface area contributed by atoms with Gasteiger partial charge in [-0.3, -0.25) is 4.79 Å². The number of aromatic nitrogens is 2. The van der Waals surface area contributed by atoms with Gasteiger partial charge in [0.05, 0.1) is 16.3 Å². The normalized spacial score (nSPS) is 22.0. The first-order chi connectivity index (χ1) is 16.5. The van der Waals surface area contributed by atoms with E-state index in [-0.39, 0.29) is 18.0 Å². The van der Waals surface area contributed by atoms with Crippen molar-refractivity contribution < 1.29 is 14.7 Å². The monoisotopic (exact) mass is 481 g/mol. The fraction of sp³-hybridized carbons (Fsp3) is 0.480. The number of nitrogens with zero attached hydrogens (tertiary/aromatic N) is 3. The average molecular weight is 482 g/mol. The second kappa shape index (κ2) is 9.76. The molecule has 2 aromatic heterocycles. The maximum atomic E-state index is 13.1. The Morgan fingerprint density at radius 3 is 2.35 bits per heavy atom. The van der Waals surface area contributed by atoms with Crippen molar-refractivity contribution in [1.29, 1.82) is 0 Å². The Balaban J connectivity index is 1.17. The molecule has 8 nitrogen and oxygen atoms in total. The van der Waals surface area contributed by atoms with E-state index in [9.17, 15) is 9.59 Å². The first-order valence-corrected chi connectivity index (χ1v) is 12.9. The highest BCUT2D eigenvalue weighted by Gasteiger charge is 2.30. The summed E-state index contributed by atoms with van der Waals surface area (Å²) in [6, 6.07) is 12.8. The predicted octanol–water partition coefficient (Wildman–Crippen LogP) is 4.17. The lowest BCUT2D eigenvalue weighted by Gasteiger charge is -2.40. The SMILES string of the molecule is Cc1nn(-c2ccccc2)c2sc(C(=O)NC3CCC(N4CCC(NC(=O)O)CC4)CC3)cc12. The lowest BCUT2D eigenvalue weighted by molar-refractivity contribution is 0.0870. The number of rotatable bonds is 5. The van der Waals surface area contributed by atoms with Crippen LogP contribution in [0.25, 0.3) is 15.9 Å². The van der Waals surface area contributed by atoms with Crippen molar-refractivity contribution in [3.8, 4) is 5.69 Å². The summed E-state index contributed by atoms with van der Waals surface area (Å²) in [7, 11) is 0. The van der Waals surface area contributed by atoms with Gasteiger partial charge in [0.25, 0.3) is 5.91 Å². The number of aryl methyl sites for hydroxylation is 1. The predicted molar refractivity (Wildman–Crippen MR) is 133 cm³/mol. The number of amides is 2. The van der Waals surface area contributed by atoms with E-state index in [4.69, 9.17) is 5.11 Å². The van der Waals surface area contributed by atoms with E-state index in [0.717, 1.165) is 78.1 Å². The van der Waals surface area contributed by atoms with Crippen molar-refractivity contribution >= 4 is 33.6 Å². The third-order valence-corrected chi connectivity index (χ3v) is 8.28. The number of thiophene rings is 1. The summed E-state index contributed by atoms with van der Waals surface area (Å²) in [5.74, 6) is 0.00391. The molecule has 0 atom stereocenters. The fourth-order valence-electron chi connectivity index (χ4n) is 5.33. The van der Waals surface area contributed by atoms with E-state index < -0.39 is 6.09 Å². The van der Waals surface area contributed by atoms with Crippen molar-refractivity contribution in [2.75, 3.05) is 13.1 Å². The van der Waals surface area contributed by atoms with Crippen LogP contribution >= 0.6 is 11.3 Å². The van der Waals surface area contributed by atoms with Crippen LogP contribution in [0, 0.1) is 6.92 Å². The second-order valence-corrected chi connectivity index (χ2v) is 10.4. The number of hydrogen-bond acceptors (Lipinski definition) is 5. The molecule has 2 amide bonds. The third kappa shape index (κ3) is 4.81. The molecule has 0 unspecified atom stereocenters. The topological polar surface area (TPSA) is 99.5 Å². The second-order valence-electron chi connectivity index (χ2n) is 9.40. The van der Waals surface area contributed by atoms with Crippen LogP contribution in [0.15, 0.2) is 36.4 Å². The quantitative estimate of drug-likeness (QED) is 0.508. The van der Waals surface area contributed by atoms with Crippen molar-refractivity contribution in [3.63, 3.8) is 0 Å². The number of carboxylic acid groups (broad SMARTS) is 1. The molecule has 1 aliphatic carbocycles. The number of nitrogens with one attached hydrogen (secondary N) is 2. The largest absolute Gasteiger partial charge is 0.465 e. The van der Waals surface area contributed by atoms with Crippen molar-refractivity contribution in [3.05, 3.63) is 47.0 Å². The van der Waals surface area contributed by atoms with Gasteiger partial charge in [-0.1, -0.05) is 18.2 Å². The molecular formula is C25H31N5O3S. The van der Waals surface area contributed by atoms with Crippen molar-refractivity contribution in [1.82, 2.24) is 25.3 Å². The number of likely N-dealkylation sites (tertiary alicyclic amines) is 1. The fourth-order valence-corrected chi connectivity index (χ4v) is 6.41. The molecule has 2 aliphatic rings. The smallest absolute Gasteiger partial charge is 0.404 e. The molecule has 0 radical (unpaired) electrons. The third-order valence-electron chi connectivity index (χ3n) is 7.17. The Labute approximate surface area is 202 Å². The summed E-state index contributed by atoms with van der Waals surface area (Å²) in [4.78, 5) is 28.1. The zero-order valence-electron chi connectivity index (χ0n) is 19.4. The Hall–Kier alpha value is -2.91. The molecule has 180 valence electrons. The first kappa shape index (κ1) is 22.9. The lowest BCUT2D eigenvalue weighted by atomic mass is 9.88. The number of piperidine rings is 1. The van der Waals surface area contributed by atoms with Crippen LogP contribution in [0.4, 0.5) is 4.79 Å². The highest BCUT2D eigenvalue weighted by Crippen LogP contribution is 2.31. The van der Waals surface area contributed by atoms with Gasteiger partial charge in [-0.2, -0.15) is 5.10 Å². The van der Waals surface area contributed by atoms with E-state index in [1.54, 1.807) is 0 Å². The molecule has 2 fully saturated rings. The molecule has 5 rings (SSSR count). The number of carbonyl (C=O) groups excluding carboxylic acids is 1. The van der Waals surface area contributed by atoms with Gasteiger partial charge in [0.2, 0.25) is 0 Å². The molecule has 3 heterocycles. The average Bonchev–Trinajstić information content (AvgIpc) is 3.41. The molecule has 9 heteroatoms. The van der Waals surface area contributed by atoms with Gasteiger partial charge in [0, 0.05) is 36.6 Å². The number of hydrogen-bond donors (Lipinski definition) is 3. The number of benzene rings is 1. The van der Waals surface area contributed by atoms with Gasteiger partial charge in [-0.05, 0) is 63.6 Å². The van der Waals surface area contributed by atoms with E-state index in [1.165, 1.54) is 11.3 Å². The minimum absolute atomic E-state index is 0.00391. The molecule has 0 bridgehead atoms. The highest BCUT2D eigenvalue weighted by molar-refractivity contribution is 7.20. The van der Waals surface area contributed by atoms with E-state index in [0.29, 0.717) is 6.04 Å². The zero-order valence-corrected chi connectivity index (χ0v) is 20.2. The number of para-hydroxylation sites is 1. The maximum Gasteiger partial charge on any atom is 0.404 e. The molecule has 3 aromatic rings. The molecule has 1 aromatic carbocycles. The summed E-state index contributed by atoms with van der Waals surface area (Å²) in [5.41, 5.74) is 1.92. The number of fused-ring (bicyclic) bond motifs is 1. The van der Waals surface area contributed by atoms with Crippen molar-refractivity contribution in [2.45, 2.75) is 63.6 Å². The van der Waals surface area contributed by atoms with Gasteiger partial charge < -0.3 is 20.6 Å². The van der Waals surface area contributed by atoms with Crippen LogP contribution < -0.4 is 10.6 Å². The first-order valence-electron chi connectivity index (χ1n) is 12.1. The van der Waals surface area contributed by atoms with Gasteiger partial charge >= 0.3 is 6.09 Å². The Morgan fingerprint density at radius 2 is 1.68 bits per heavy atom. The molecule has 1 aliphatic heterocycles. The summed E-state index contributed by atoms with van der Waals surface area (Å²) in [6.45, 7) is 3.86. The maximum absolute atomic E-state index is 13.1. The highest BCUT2D eigenvalue weighted by atomic mass is 32.1. The Kier molecular flexibility index (Phi) is 6.56. The van der Waals surface area contributed by atoms with Crippen LogP contribution in [0.2, 0.25) is 0 Å². The van der Waals surface area contributed by atoms with E-state index in [2.05, 4.69) is 20.6 Å².